The van der Waals surface area contributed by atoms with Crippen molar-refractivity contribution < 1.29 is 14.1 Å². The van der Waals surface area contributed by atoms with Crippen LogP contribution in [-0.2, 0) is 11.8 Å². The third-order valence-corrected chi connectivity index (χ3v) is 4.25. The Morgan fingerprint density at radius 3 is 2.74 bits per heavy atom. The van der Waals surface area contributed by atoms with E-state index in [2.05, 4.69) is 15.5 Å². The summed E-state index contributed by atoms with van der Waals surface area (Å²) in [5.74, 6) is -0.615. The Bertz CT molecular complexity index is 764. The van der Waals surface area contributed by atoms with Crippen LogP contribution in [0.15, 0.2) is 23.4 Å². The molecule has 0 aliphatic rings. The van der Waals surface area contributed by atoms with Gasteiger partial charge in [-0.3, -0.25) is 14.9 Å². The summed E-state index contributed by atoms with van der Waals surface area (Å²) < 4.78 is 15.0. The molecule has 0 spiro atoms. The summed E-state index contributed by atoms with van der Waals surface area (Å²) in [5.41, 5.74) is -0.531. The number of nitrogens with zero attached hydrogens (tertiary/aromatic N) is 4. The van der Waals surface area contributed by atoms with E-state index in [4.69, 9.17) is 0 Å². The maximum absolute atomic E-state index is 13.3. The Morgan fingerprint density at radius 1 is 1.48 bits per heavy atom. The lowest BCUT2D eigenvalue weighted by Crippen LogP contribution is -2.23. The predicted molar refractivity (Wildman–Crippen MR) is 82.7 cm³/mol. The molecule has 1 heterocycles. The minimum absolute atomic E-state index is 0.157. The molecule has 2 rings (SSSR count). The van der Waals surface area contributed by atoms with Crippen LogP contribution in [0.3, 0.4) is 0 Å². The number of hydrogen-bond acceptors (Lipinski definition) is 6. The quantitative estimate of drug-likeness (QED) is 0.509. The molecule has 1 aromatic carbocycles. The Kier molecular flexibility index (Phi) is 4.94. The largest absolute Gasteiger partial charge is 0.325 e. The van der Waals surface area contributed by atoms with Gasteiger partial charge in [0.2, 0.25) is 11.7 Å². The summed E-state index contributed by atoms with van der Waals surface area (Å²) in [7, 11) is 1.78. The van der Waals surface area contributed by atoms with Crippen molar-refractivity contribution in [3.05, 3.63) is 40.0 Å². The highest BCUT2D eigenvalue weighted by Gasteiger charge is 2.20. The molecular formula is C13H14FN5O3S. The Labute approximate surface area is 135 Å². The number of aromatic nitrogens is 3. The topological polar surface area (TPSA) is 103 Å². The van der Waals surface area contributed by atoms with E-state index in [-0.39, 0.29) is 11.6 Å². The molecule has 2 aromatic rings. The number of nitrogens with one attached hydrogen (secondary N) is 1. The molecule has 1 atom stereocenters. The number of hydrogen-bond donors (Lipinski definition) is 1. The van der Waals surface area contributed by atoms with E-state index in [9.17, 15) is 19.3 Å². The van der Waals surface area contributed by atoms with Crippen molar-refractivity contribution in [1.82, 2.24) is 14.8 Å². The Morgan fingerprint density at radius 2 is 2.17 bits per heavy atom. The van der Waals surface area contributed by atoms with Crippen molar-refractivity contribution in [3.63, 3.8) is 0 Å². The minimum atomic E-state index is -0.954. The molecule has 0 bridgehead atoms. The van der Waals surface area contributed by atoms with Crippen LogP contribution in [0.5, 0.6) is 0 Å². The van der Waals surface area contributed by atoms with Crippen LogP contribution in [-0.4, -0.2) is 30.8 Å². The normalized spacial score (nSPS) is 12.0. The van der Waals surface area contributed by atoms with Crippen molar-refractivity contribution in [2.45, 2.75) is 24.3 Å². The summed E-state index contributed by atoms with van der Waals surface area (Å²) in [6, 6.07) is 3.19. The summed E-state index contributed by atoms with van der Waals surface area (Å²) in [6.45, 7) is 3.46. The maximum atomic E-state index is 13.3. The Hall–Kier alpha value is -2.49. The van der Waals surface area contributed by atoms with Crippen LogP contribution in [0.1, 0.15) is 12.7 Å². The van der Waals surface area contributed by atoms with Gasteiger partial charge in [-0.1, -0.05) is 11.8 Å². The van der Waals surface area contributed by atoms with Gasteiger partial charge >= 0.3 is 5.69 Å². The van der Waals surface area contributed by atoms with E-state index in [1.54, 1.807) is 25.5 Å². The zero-order valence-corrected chi connectivity index (χ0v) is 13.4. The van der Waals surface area contributed by atoms with E-state index in [0.29, 0.717) is 11.0 Å². The number of thioether (sulfide) groups is 1. The number of benzene rings is 1. The first-order valence-electron chi connectivity index (χ1n) is 6.57. The molecule has 1 N–H and O–H groups in total. The lowest BCUT2D eigenvalue weighted by molar-refractivity contribution is -0.387. The molecule has 0 saturated carbocycles. The molecule has 0 fully saturated rings. The van der Waals surface area contributed by atoms with Gasteiger partial charge in [0.25, 0.3) is 0 Å². The van der Waals surface area contributed by atoms with Gasteiger partial charge < -0.3 is 9.88 Å². The molecule has 10 heteroatoms. The van der Waals surface area contributed by atoms with Gasteiger partial charge in [0.15, 0.2) is 5.16 Å². The number of amides is 1. The first-order valence-corrected chi connectivity index (χ1v) is 7.45. The average Bonchev–Trinajstić information content (AvgIpc) is 2.80. The molecule has 1 aromatic heterocycles. The average molecular weight is 339 g/mol. The Balaban J connectivity index is 2.08. The molecule has 0 unspecified atom stereocenters. The van der Waals surface area contributed by atoms with Crippen LogP contribution >= 0.6 is 11.8 Å². The smallest absolute Gasteiger partial charge is 0.306 e. The zero-order chi connectivity index (χ0) is 17.1. The van der Waals surface area contributed by atoms with E-state index in [1.165, 1.54) is 17.8 Å². The fourth-order valence-corrected chi connectivity index (χ4v) is 2.54. The monoisotopic (exact) mass is 339 g/mol. The van der Waals surface area contributed by atoms with Gasteiger partial charge in [0.05, 0.1) is 10.2 Å². The summed E-state index contributed by atoms with van der Waals surface area (Å²) in [5, 5.41) is 21.1. The van der Waals surface area contributed by atoms with Crippen LogP contribution in [0.2, 0.25) is 0 Å². The fourth-order valence-electron chi connectivity index (χ4n) is 1.68. The second-order valence-corrected chi connectivity index (χ2v) is 6.07. The lowest BCUT2D eigenvalue weighted by Gasteiger charge is -2.11. The molecule has 122 valence electrons. The van der Waals surface area contributed by atoms with Crippen molar-refractivity contribution in [2.24, 2.45) is 7.05 Å². The van der Waals surface area contributed by atoms with Crippen LogP contribution in [0, 0.1) is 22.9 Å². The van der Waals surface area contributed by atoms with Gasteiger partial charge in [0, 0.05) is 18.8 Å². The summed E-state index contributed by atoms with van der Waals surface area (Å²) >= 11 is 1.20. The zero-order valence-electron chi connectivity index (χ0n) is 12.6. The molecule has 0 saturated heterocycles. The number of aryl methyl sites for hydroxylation is 1. The molecule has 0 aliphatic heterocycles. The van der Waals surface area contributed by atoms with Crippen molar-refractivity contribution >= 4 is 29.0 Å². The van der Waals surface area contributed by atoms with Crippen LogP contribution in [0.25, 0.3) is 0 Å². The fraction of sp³-hybridized carbons (Fsp3) is 0.308. The maximum Gasteiger partial charge on any atom is 0.306 e. The highest BCUT2D eigenvalue weighted by molar-refractivity contribution is 8.00. The molecular weight excluding hydrogens is 325 g/mol. The van der Waals surface area contributed by atoms with E-state index >= 15 is 0 Å². The molecule has 1 amide bonds. The first kappa shape index (κ1) is 16.9. The van der Waals surface area contributed by atoms with Gasteiger partial charge in [-0.05, 0) is 26.0 Å². The van der Waals surface area contributed by atoms with E-state index < -0.39 is 21.7 Å². The first-order chi connectivity index (χ1) is 10.8. The number of carbonyl (C=O) groups excluding carboxylic acids is 1. The number of nitro groups is 1. The summed E-state index contributed by atoms with van der Waals surface area (Å²) in [6.07, 6.45) is 0. The van der Waals surface area contributed by atoms with Crippen molar-refractivity contribution in [2.75, 3.05) is 5.32 Å². The van der Waals surface area contributed by atoms with Crippen LogP contribution in [0.4, 0.5) is 15.8 Å². The van der Waals surface area contributed by atoms with E-state index in [1.807, 2.05) is 0 Å². The highest BCUT2D eigenvalue weighted by Crippen LogP contribution is 2.25. The molecule has 0 aliphatic carbocycles. The number of anilines is 1. The van der Waals surface area contributed by atoms with Gasteiger partial charge in [-0.2, -0.15) is 4.39 Å². The standard InChI is InChI=1S/C13H14FN5O3S/c1-7(23-13-17-16-8(2)18(13)3)12(20)15-9-4-5-10(14)11(6-9)19(21)22/h4-7H,1-3H3,(H,15,20)/t7-/m0/s1. The number of halogens is 1. The molecule has 8 nitrogen and oxygen atoms in total. The van der Waals surface area contributed by atoms with Gasteiger partial charge in [-0.25, -0.2) is 0 Å². The predicted octanol–water partition coefficient (Wildman–Crippen LogP) is 2.29. The number of rotatable bonds is 5. The number of nitro benzene ring substituents is 1. The van der Waals surface area contributed by atoms with Gasteiger partial charge in [-0.15, -0.1) is 10.2 Å². The molecule has 23 heavy (non-hydrogen) atoms. The summed E-state index contributed by atoms with van der Waals surface area (Å²) in [4.78, 5) is 22.0. The van der Waals surface area contributed by atoms with Gasteiger partial charge in [0.1, 0.15) is 5.82 Å². The second kappa shape index (κ2) is 6.73. The van der Waals surface area contributed by atoms with Crippen molar-refractivity contribution in [1.29, 1.82) is 0 Å². The lowest BCUT2D eigenvalue weighted by atomic mass is 10.2. The minimum Gasteiger partial charge on any atom is -0.325 e. The molecule has 0 radical (unpaired) electrons. The van der Waals surface area contributed by atoms with E-state index in [0.717, 1.165) is 12.1 Å². The highest BCUT2D eigenvalue weighted by atomic mass is 32.2. The third kappa shape index (κ3) is 3.83. The SMILES string of the molecule is Cc1nnc(S[C@@H](C)C(=O)Nc2ccc(F)c([N+](=O)[O-])c2)n1C. The number of carbonyl (C=O) groups is 1. The second-order valence-electron chi connectivity index (χ2n) is 4.76. The van der Waals surface area contributed by atoms with Crippen molar-refractivity contribution in [3.8, 4) is 0 Å². The third-order valence-electron chi connectivity index (χ3n) is 3.11. The van der Waals surface area contributed by atoms with Crippen LogP contribution < -0.4 is 5.32 Å².